The molecule has 2 heterocycles. The maximum Gasteiger partial charge on any atom is 0.401 e. The van der Waals surface area contributed by atoms with Gasteiger partial charge in [0, 0.05) is 42.8 Å². The molecule has 1 atom stereocenters. The molecule has 3 rings (SSSR count). The van der Waals surface area contributed by atoms with Crippen molar-refractivity contribution in [1.29, 1.82) is 0 Å². The van der Waals surface area contributed by atoms with Crippen LogP contribution in [0.2, 0.25) is 0 Å². The van der Waals surface area contributed by atoms with Crippen LogP contribution in [0.3, 0.4) is 0 Å². The number of hydrogen-bond acceptors (Lipinski definition) is 2. The van der Waals surface area contributed by atoms with E-state index < -0.39 is 12.7 Å². The zero-order chi connectivity index (χ0) is 14.9. The lowest BCUT2D eigenvalue weighted by molar-refractivity contribution is -0.143. The summed E-state index contributed by atoms with van der Waals surface area (Å²) in [5.74, 6) is 0. The van der Waals surface area contributed by atoms with Crippen LogP contribution in [0.15, 0.2) is 30.5 Å². The van der Waals surface area contributed by atoms with Crippen LogP contribution in [-0.2, 0) is 6.54 Å². The lowest BCUT2D eigenvalue weighted by Gasteiger charge is -2.18. The van der Waals surface area contributed by atoms with E-state index in [1.165, 1.54) is 10.5 Å². The van der Waals surface area contributed by atoms with E-state index in [2.05, 4.69) is 10.3 Å². The van der Waals surface area contributed by atoms with Crippen LogP contribution >= 0.6 is 0 Å². The van der Waals surface area contributed by atoms with Gasteiger partial charge in [0.05, 0.1) is 6.54 Å². The molecule has 0 bridgehead atoms. The number of aromatic nitrogens is 1. The van der Waals surface area contributed by atoms with E-state index in [-0.39, 0.29) is 6.04 Å². The summed E-state index contributed by atoms with van der Waals surface area (Å²) in [6, 6.07) is 8.20. The third kappa shape index (κ3) is 3.57. The predicted octanol–water partition coefficient (Wildman–Crippen LogP) is 2.89. The van der Waals surface area contributed by atoms with Gasteiger partial charge in [-0.2, -0.15) is 13.2 Å². The summed E-state index contributed by atoms with van der Waals surface area (Å²) in [6.07, 6.45) is -1.44. The molecule has 1 saturated heterocycles. The molecule has 1 unspecified atom stereocenters. The Labute approximate surface area is 121 Å². The fourth-order valence-corrected chi connectivity index (χ4v) is 2.96. The van der Waals surface area contributed by atoms with Crippen molar-refractivity contribution < 1.29 is 13.2 Å². The Morgan fingerprint density at radius 3 is 2.95 bits per heavy atom. The van der Waals surface area contributed by atoms with E-state index >= 15 is 0 Å². The SMILES string of the molecule is FC(F)(F)CN1CCC(NCc2cccc3[nH]ccc23)C1. The van der Waals surface area contributed by atoms with Crippen molar-refractivity contribution in [2.24, 2.45) is 0 Å². The summed E-state index contributed by atoms with van der Waals surface area (Å²) in [5.41, 5.74) is 2.25. The zero-order valence-corrected chi connectivity index (χ0v) is 11.6. The highest BCUT2D eigenvalue weighted by atomic mass is 19.4. The first-order chi connectivity index (χ1) is 10.0. The standard InChI is InChI=1S/C15H18F3N3/c16-15(17,18)10-21-7-5-12(9-21)20-8-11-2-1-3-14-13(11)4-6-19-14/h1-4,6,12,19-20H,5,7-10H2. The Balaban J connectivity index is 1.56. The summed E-state index contributed by atoms with van der Waals surface area (Å²) >= 11 is 0. The Morgan fingerprint density at radius 2 is 2.14 bits per heavy atom. The van der Waals surface area contributed by atoms with Crippen molar-refractivity contribution in [3.05, 3.63) is 36.0 Å². The normalized spacial score (nSPS) is 20.4. The van der Waals surface area contributed by atoms with E-state index in [0.717, 1.165) is 17.3 Å². The van der Waals surface area contributed by atoms with Gasteiger partial charge >= 0.3 is 6.18 Å². The fraction of sp³-hybridized carbons (Fsp3) is 0.467. The largest absolute Gasteiger partial charge is 0.401 e. The van der Waals surface area contributed by atoms with Gasteiger partial charge < -0.3 is 10.3 Å². The third-order valence-electron chi connectivity index (χ3n) is 3.94. The number of halogens is 3. The van der Waals surface area contributed by atoms with Gasteiger partial charge in [-0.3, -0.25) is 4.90 Å². The van der Waals surface area contributed by atoms with Gasteiger partial charge in [-0.25, -0.2) is 0 Å². The second-order valence-corrected chi connectivity index (χ2v) is 5.57. The number of nitrogens with zero attached hydrogens (tertiary/aromatic N) is 1. The molecule has 114 valence electrons. The molecule has 0 radical (unpaired) electrons. The minimum absolute atomic E-state index is 0.126. The molecular formula is C15H18F3N3. The maximum atomic E-state index is 12.4. The number of fused-ring (bicyclic) bond motifs is 1. The minimum atomic E-state index is -4.11. The van der Waals surface area contributed by atoms with Crippen molar-refractivity contribution in [2.45, 2.75) is 25.2 Å². The quantitative estimate of drug-likeness (QED) is 0.909. The van der Waals surface area contributed by atoms with E-state index in [1.807, 2.05) is 30.5 Å². The molecule has 1 aliphatic rings. The monoisotopic (exact) mass is 297 g/mol. The highest BCUT2D eigenvalue weighted by Gasteiger charge is 2.34. The minimum Gasteiger partial charge on any atom is -0.361 e. The van der Waals surface area contributed by atoms with Crippen LogP contribution in [0.4, 0.5) is 13.2 Å². The molecule has 2 aromatic rings. The van der Waals surface area contributed by atoms with Gasteiger partial charge in [0.2, 0.25) is 0 Å². The second-order valence-electron chi connectivity index (χ2n) is 5.57. The summed E-state index contributed by atoms with van der Waals surface area (Å²) < 4.78 is 37.1. The van der Waals surface area contributed by atoms with Gasteiger partial charge in [0.15, 0.2) is 0 Å². The number of H-pyrrole nitrogens is 1. The first-order valence-electron chi connectivity index (χ1n) is 7.09. The van der Waals surface area contributed by atoms with Crippen molar-refractivity contribution in [2.75, 3.05) is 19.6 Å². The molecule has 0 saturated carbocycles. The molecule has 1 aromatic heterocycles. The summed E-state index contributed by atoms with van der Waals surface area (Å²) in [7, 11) is 0. The van der Waals surface area contributed by atoms with Gasteiger partial charge in [0.1, 0.15) is 0 Å². The summed E-state index contributed by atoms with van der Waals surface area (Å²) in [6.45, 7) is 0.840. The average Bonchev–Trinajstić information content (AvgIpc) is 3.03. The Morgan fingerprint density at radius 1 is 1.29 bits per heavy atom. The zero-order valence-electron chi connectivity index (χ0n) is 11.6. The van der Waals surface area contributed by atoms with E-state index in [1.54, 1.807) is 0 Å². The first kappa shape index (κ1) is 14.4. The second kappa shape index (κ2) is 5.69. The molecule has 2 N–H and O–H groups in total. The summed E-state index contributed by atoms with van der Waals surface area (Å²) in [4.78, 5) is 4.63. The summed E-state index contributed by atoms with van der Waals surface area (Å²) in [5, 5.41) is 4.53. The molecule has 6 heteroatoms. The van der Waals surface area contributed by atoms with Crippen LogP contribution in [0.1, 0.15) is 12.0 Å². The van der Waals surface area contributed by atoms with Crippen LogP contribution in [0.25, 0.3) is 10.9 Å². The lowest BCUT2D eigenvalue weighted by Crippen LogP contribution is -2.36. The van der Waals surface area contributed by atoms with E-state index in [4.69, 9.17) is 0 Å². The number of likely N-dealkylation sites (tertiary alicyclic amines) is 1. The third-order valence-corrected chi connectivity index (χ3v) is 3.94. The number of hydrogen-bond donors (Lipinski definition) is 2. The highest BCUT2D eigenvalue weighted by molar-refractivity contribution is 5.82. The van der Waals surface area contributed by atoms with Crippen LogP contribution in [0, 0.1) is 0 Å². The van der Waals surface area contributed by atoms with Gasteiger partial charge in [-0.05, 0) is 24.1 Å². The number of benzene rings is 1. The molecule has 1 aromatic carbocycles. The average molecular weight is 297 g/mol. The number of rotatable bonds is 4. The predicted molar refractivity (Wildman–Crippen MR) is 76.0 cm³/mol. The van der Waals surface area contributed by atoms with Crippen molar-refractivity contribution in [1.82, 2.24) is 15.2 Å². The number of aromatic amines is 1. The molecule has 1 fully saturated rings. The van der Waals surface area contributed by atoms with E-state index in [9.17, 15) is 13.2 Å². The smallest absolute Gasteiger partial charge is 0.361 e. The lowest BCUT2D eigenvalue weighted by atomic mass is 10.1. The fourth-order valence-electron chi connectivity index (χ4n) is 2.96. The van der Waals surface area contributed by atoms with E-state index in [0.29, 0.717) is 19.6 Å². The maximum absolute atomic E-state index is 12.4. The van der Waals surface area contributed by atoms with Crippen molar-refractivity contribution in [3.63, 3.8) is 0 Å². The molecule has 3 nitrogen and oxygen atoms in total. The molecule has 0 spiro atoms. The molecule has 0 aliphatic carbocycles. The Hall–Kier alpha value is -1.53. The van der Waals surface area contributed by atoms with Gasteiger partial charge in [-0.1, -0.05) is 12.1 Å². The molecule has 1 aliphatic heterocycles. The number of alkyl halides is 3. The van der Waals surface area contributed by atoms with Crippen LogP contribution < -0.4 is 5.32 Å². The van der Waals surface area contributed by atoms with Crippen LogP contribution in [-0.4, -0.2) is 41.7 Å². The van der Waals surface area contributed by atoms with Crippen LogP contribution in [0.5, 0.6) is 0 Å². The Kier molecular flexibility index (Phi) is 3.91. The number of nitrogens with one attached hydrogen (secondary N) is 2. The highest BCUT2D eigenvalue weighted by Crippen LogP contribution is 2.21. The molecule has 0 amide bonds. The van der Waals surface area contributed by atoms with Crippen molar-refractivity contribution in [3.8, 4) is 0 Å². The van der Waals surface area contributed by atoms with Crippen molar-refractivity contribution >= 4 is 10.9 Å². The Bertz CT molecular complexity index is 605. The van der Waals surface area contributed by atoms with Gasteiger partial charge in [0.25, 0.3) is 0 Å². The van der Waals surface area contributed by atoms with Gasteiger partial charge in [-0.15, -0.1) is 0 Å². The first-order valence-corrected chi connectivity index (χ1v) is 7.09. The molecular weight excluding hydrogens is 279 g/mol. The topological polar surface area (TPSA) is 31.1 Å². The molecule has 21 heavy (non-hydrogen) atoms.